The van der Waals surface area contributed by atoms with Crippen molar-refractivity contribution in [1.29, 1.82) is 0 Å². The summed E-state index contributed by atoms with van der Waals surface area (Å²) in [6.07, 6.45) is 5.14. The topological polar surface area (TPSA) is 111 Å². The summed E-state index contributed by atoms with van der Waals surface area (Å²) in [5.41, 5.74) is 0.753. The number of Topliss-reactive ketones (excluding diaryl/α,β-unsaturated/α-hetero) is 1. The molecule has 0 aliphatic rings. The van der Waals surface area contributed by atoms with Crippen LogP contribution in [0.4, 0.5) is 0 Å². The van der Waals surface area contributed by atoms with Crippen molar-refractivity contribution in [2.24, 2.45) is 0 Å². The van der Waals surface area contributed by atoms with Crippen LogP contribution in [0.5, 0.6) is 0 Å². The number of hydrogen-bond acceptors (Lipinski definition) is 9. The second kappa shape index (κ2) is 21.6. The van der Waals surface area contributed by atoms with Gasteiger partial charge in [-0.3, -0.25) is 6.29 Å². The molecule has 1 radical (unpaired) electrons. The molecule has 169 valence electrons. The number of hydrogen-bond donors (Lipinski definition) is 0. The first kappa shape index (κ1) is 29.4. The zero-order valence-corrected chi connectivity index (χ0v) is 20.6. The van der Waals surface area contributed by atoms with E-state index in [1.54, 1.807) is 17.9 Å². The van der Waals surface area contributed by atoms with E-state index < -0.39 is 0 Å². The second-order valence-corrected chi connectivity index (χ2v) is 6.17. The van der Waals surface area contributed by atoms with Crippen LogP contribution in [0.1, 0.15) is 31.9 Å². The minimum absolute atomic E-state index is 0. The molecule has 0 saturated heterocycles. The van der Waals surface area contributed by atoms with Crippen LogP contribution in [0.2, 0.25) is 0 Å². The molecule has 0 fully saturated rings. The Morgan fingerprint density at radius 3 is 2.13 bits per heavy atom. The van der Waals surface area contributed by atoms with Crippen LogP contribution in [0.25, 0.3) is 0 Å². The third-order valence-corrected chi connectivity index (χ3v) is 3.58. The van der Waals surface area contributed by atoms with Crippen molar-refractivity contribution >= 4 is 12.1 Å². The third kappa shape index (κ3) is 18.2. The molecule has 0 aliphatic carbocycles. The van der Waals surface area contributed by atoms with Gasteiger partial charge in [-0.05, 0) is 13.3 Å². The average molecular weight is 503 g/mol. The number of rotatable bonds is 21. The molecule has 1 heterocycles. The molecular weight excluding hydrogens is 471 g/mol. The van der Waals surface area contributed by atoms with Crippen molar-refractivity contribution < 1.29 is 66.0 Å². The molecule has 30 heavy (non-hydrogen) atoms. The van der Waals surface area contributed by atoms with Crippen molar-refractivity contribution in [1.82, 2.24) is 15.0 Å². The standard InChI is InChI=1S/C19H32N3O7.Y/c1-18(24)4-2-7-29-17-19-16-22(21-20-19)5-9-26-11-13-28-15-14-27-12-10-25-8-3-6-23;/h16H,2-5,7-15,17H2,1H3;/q-1;. The van der Waals surface area contributed by atoms with Crippen LogP contribution in [-0.2, 0) is 79.1 Å². The molecule has 0 amide bonds. The molecule has 0 atom stereocenters. The molecule has 1 aromatic rings. The van der Waals surface area contributed by atoms with E-state index >= 15 is 0 Å². The van der Waals surface area contributed by atoms with Crippen LogP contribution in [0.15, 0.2) is 6.20 Å². The Bertz CT molecular complexity index is 546. The monoisotopic (exact) mass is 503 g/mol. The fraction of sp³-hybridized carbons (Fsp3) is 0.789. The Labute approximate surface area is 203 Å². The Morgan fingerprint density at radius 2 is 1.53 bits per heavy atom. The van der Waals surface area contributed by atoms with Gasteiger partial charge in [0.1, 0.15) is 11.5 Å². The zero-order chi connectivity index (χ0) is 21.0. The Kier molecular flexibility index (Phi) is 21.2. The first-order chi connectivity index (χ1) is 14.2. The summed E-state index contributed by atoms with van der Waals surface area (Å²) in [5.74, 6) is 0.172. The molecule has 0 saturated carbocycles. The predicted octanol–water partition coefficient (Wildman–Crippen LogP) is 0.728. The number of nitrogens with zero attached hydrogens (tertiary/aromatic N) is 3. The average Bonchev–Trinajstić information content (AvgIpc) is 3.15. The SMILES string of the molecule is CC(=O)CCCOCc1cn(CCOCCOCCOCCOCC[C-]=O)nn1.[Y]. The largest absolute Gasteiger partial charge is 0.542 e. The van der Waals surface area contributed by atoms with E-state index in [-0.39, 0.29) is 38.5 Å². The van der Waals surface area contributed by atoms with Gasteiger partial charge in [0.2, 0.25) is 0 Å². The van der Waals surface area contributed by atoms with E-state index in [9.17, 15) is 9.59 Å². The van der Waals surface area contributed by atoms with Gasteiger partial charge in [-0.2, -0.15) is 0 Å². The summed E-state index contributed by atoms with van der Waals surface area (Å²) in [5, 5.41) is 8.05. The molecule has 0 aromatic carbocycles. The van der Waals surface area contributed by atoms with E-state index in [1.807, 2.05) is 6.20 Å². The van der Waals surface area contributed by atoms with Crippen LogP contribution in [0.3, 0.4) is 0 Å². The summed E-state index contributed by atoms with van der Waals surface area (Å²) >= 11 is 0. The van der Waals surface area contributed by atoms with Crippen LogP contribution >= 0.6 is 0 Å². The summed E-state index contributed by atoms with van der Waals surface area (Å²) < 4.78 is 28.5. The maximum atomic E-state index is 10.8. The van der Waals surface area contributed by atoms with Crippen LogP contribution in [-0.4, -0.2) is 86.5 Å². The first-order valence-corrected chi connectivity index (χ1v) is 9.84. The quantitative estimate of drug-likeness (QED) is 0.177. The van der Waals surface area contributed by atoms with E-state index in [1.165, 1.54) is 0 Å². The minimum atomic E-state index is 0. The minimum Gasteiger partial charge on any atom is -0.542 e. The van der Waals surface area contributed by atoms with E-state index in [0.29, 0.717) is 85.5 Å². The summed E-state index contributed by atoms with van der Waals surface area (Å²) in [6.45, 7) is 6.89. The van der Waals surface area contributed by atoms with E-state index in [2.05, 4.69) is 10.3 Å². The molecular formula is C19H32N3O7Y-. The molecule has 0 spiro atoms. The molecule has 0 unspecified atom stereocenters. The Balaban J connectivity index is 0.00000841. The maximum Gasteiger partial charge on any atom is 0.129 e. The van der Waals surface area contributed by atoms with Gasteiger partial charge >= 0.3 is 0 Å². The van der Waals surface area contributed by atoms with Crippen molar-refractivity contribution in [2.75, 3.05) is 59.5 Å². The fourth-order valence-electron chi connectivity index (χ4n) is 2.15. The second-order valence-electron chi connectivity index (χ2n) is 6.17. The summed E-state index contributed by atoms with van der Waals surface area (Å²) in [7, 11) is 0. The van der Waals surface area contributed by atoms with Crippen molar-refractivity contribution in [3.05, 3.63) is 11.9 Å². The summed E-state index contributed by atoms with van der Waals surface area (Å²) in [6, 6.07) is 0. The zero-order valence-electron chi connectivity index (χ0n) is 17.8. The normalized spacial score (nSPS) is 10.7. The van der Waals surface area contributed by atoms with Gasteiger partial charge in [-0.1, -0.05) is 5.21 Å². The molecule has 1 rings (SSSR count). The van der Waals surface area contributed by atoms with Gasteiger partial charge in [0.05, 0.1) is 65.6 Å². The molecule has 1 aromatic heterocycles. The van der Waals surface area contributed by atoms with Gasteiger partial charge in [-0.25, -0.2) is 4.68 Å². The number of ketones is 1. The van der Waals surface area contributed by atoms with Crippen molar-refractivity contribution in [3.63, 3.8) is 0 Å². The number of carbonyl (C=O) groups is 1. The van der Waals surface area contributed by atoms with Crippen molar-refractivity contribution in [2.45, 2.75) is 39.3 Å². The first-order valence-electron chi connectivity index (χ1n) is 9.84. The van der Waals surface area contributed by atoms with Gasteiger partial charge in [-0.15, -0.1) is 11.5 Å². The van der Waals surface area contributed by atoms with Gasteiger partial charge in [0.15, 0.2) is 0 Å². The molecule has 0 bridgehead atoms. The molecule has 0 aliphatic heterocycles. The molecule has 10 nitrogen and oxygen atoms in total. The van der Waals surface area contributed by atoms with Crippen molar-refractivity contribution in [3.8, 4) is 0 Å². The fourth-order valence-corrected chi connectivity index (χ4v) is 2.15. The van der Waals surface area contributed by atoms with Gasteiger partial charge in [0, 0.05) is 52.3 Å². The van der Waals surface area contributed by atoms with Crippen LogP contribution < -0.4 is 0 Å². The Morgan fingerprint density at radius 1 is 0.933 bits per heavy atom. The number of aromatic nitrogens is 3. The van der Waals surface area contributed by atoms with E-state index in [0.717, 1.165) is 12.1 Å². The number of carbonyl (C=O) groups excluding carboxylic acids is 2. The smallest absolute Gasteiger partial charge is 0.129 e. The van der Waals surface area contributed by atoms with Gasteiger partial charge < -0.3 is 33.3 Å². The maximum absolute atomic E-state index is 10.8. The number of ether oxygens (including phenoxy) is 5. The van der Waals surface area contributed by atoms with Crippen LogP contribution in [0, 0.1) is 0 Å². The van der Waals surface area contributed by atoms with E-state index in [4.69, 9.17) is 23.7 Å². The summed E-state index contributed by atoms with van der Waals surface area (Å²) in [4.78, 5) is 20.8. The predicted molar refractivity (Wildman–Crippen MR) is 103 cm³/mol. The Hall–Kier alpha value is -0.616. The molecule has 0 N–H and O–H groups in total. The molecule has 11 heteroatoms. The third-order valence-electron chi connectivity index (χ3n) is 3.58. The van der Waals surface area contributed by atoms with Gasteiger partial charge in [0.25, 0.3) is 0 Å².